The first-order valence-corrected chi connectivity index (χ1v) is 8.02. The number of benzene rings is 2. The standard InChI is InChI=1S/C16H13O6S/c1-16(21-12-17,15(18)22-13-8-4-2-5-9-13)23(19,20)14-10-6-3-7-11-14/h2-11H,1H3. The lowest BCUT2D eigenvalue weighted by atomic mass is 10.3. The molecule has 2 rings (SSSR count). The largest absolute Gasteiger partial charge is 0.423 e. The molecule has 1 radical (unpaired) electrons. The lowest BCUT2D eigenvalue weighted by Gasteiger charge is -2.24. The highest BCUT2D eigenvalue weighted by Crippen LogP contribution is 2.28. The Labute approximate surface area is 133 Å². The highest BCUT2D eigenvalue weighted by atomic mass is 32.2. The van der Waals surface area contributed by atoms with Gasteiger partial charge in [-0.3, -0.25) is 0 Å². The minimum atomic E-state index is -4.34. The van der Waals surface area contributed by atoms with Crippen molar-refractivity contribution in [3.05, 3.63) is 60.7 Å². The molecule has 0 bridgehead atoms. The third-order valence-electron chi connectivity index (χ3n) is 3.13. The smallest absolute Gasteiger partial charge is 0.419 e. The van der Waals surface area contributed by atoms with Crippen molar-refractivity contribution in [2.24, 2.45) is 0 Å². The summed E-state index contributed by atoms with van der Waals surface area (Å²) in [7, 11) is -4.34. The number of carbonyl (C=O) groups is 1. The van der Waals surface area contributed by atoms with Crippen molar-refractivity contribution in [2.75, 3.05) is 0 Å². The van der Waals surface area contributed by atoms with Gasteiger partial charge in [-0.05, 0) is 24.3 Å². The van der Waals surface area contributed by atoms with Crippen LogP contribution in [-0.2, 0) is 24.2 Å². The predicted octanol–water partition coefficient (Wildman–Crippen LogP) is 1.87. The summed E-state index contributed by atoms with van der Waals surface area (Å²) in [6.45, 7) is 1.97. The molecular formula is C16H13O6S. The molecule has 0 spiro atoms. The van der Waals surface area contributed by atoms with Crippen LogP contribution in [0.5, 0.6) is 5.75 Å². The molecule has 0 N–H and O–H groups in total. The molecule has 0 aliphatic carbocycles. The third kappa shape index (κ3) is 3.24. The average molecular weight is 333 g/mol. The number of esters is 1. The van der Waals surface area contributed by atoms with E-state index in [-0.39, 0.29) is 10.6 Å². The maximum atomic E-state index is 12.7. The molecule has 1 unspecified atom stereocenters. The number of rotatable bonds is 6. The maximum absolute atomic E-state index is 12.7. The van der Waals surface area contributed by atoms with Crippen molar-refractivity contribution in [1.29, 1.82) is 0 Å². The molecule has 0 amide bonds. The van der Waals surface area contributed by atoms with E-state index in [1.807, 2.05) is 0 Å². The van der Waals surface area contributed by atoms with Crippen LogP contribution >= 0.6 is 0 Å². The lowest BCUT2D eigenvalue weighted by Crippen LogP contribution is -2.48. The number of hydrogen-bond acceptors (Lipinski definition) is 6. The first-order chi connectivity index (χ1) is 10.9. The maximum Gasteiger partial charge on any atom is 0.419 e. The van der Waals surface area contributed by atoms with Gasteiger partial charge in [0.25, 0.3) is 0 Å². The Bertz CT molecular complexity index is 786. The fourth-order valence-electron chi connectivity index (χ4n) is 1.80. The lowest BCUT2D eigenvalue weighted by molar-refractivity contribution is -0.144. The van der Waals surface area contributed by atoms with Crippen molar-refractivity contribution in [2.45, 2.75) is 16.8 Å². The summed E-state index contributed by atoms with van der Waals surface area (Å²) < 4.78 is 34.9. The zero-order valence-electron chi connectivity index (χ0n) is 12.1. The summed E-state index contributed by atoms with van der Waals surface area (Å²) in [5.41, 5.74) is 0. The fourth-order valence-corrected chi connectivity index (χ4v) is 3.17. The van der Waals surface area contributed by atoms with Crippen LogP contribution in [0, 0.1) is 0 Å². The number of ether oxygens (including phenoxy) is 2. The van der Waals surface area contributed by atoms with E-state index < -0.39 is 20.7 Å². The molecule has 6 nitrogen and oxygen atoms in total. The molecule has 7 heteroatoms. The van der Waals surface area contributed by atoms with E-state index in [1.54, 1.807) is 24.3 Å². The van der Waals surface area contributed by atoms with Gasteiger partial charge < -0.3 is 9.47 Å². The van der Waals surface area contributed by atoms with Crippen LogP contribution in [0.25, 0.3) is 0 Å². The third-order valence-corrected chi connectivity index (χ3v) is 5.30. The predicted molar refractivity (Wildman–Crippen MR) is 80.9 cm³/mol. The van der Waals surface area contributed by atoms with Crippen molar-refractivity contribution in [3.63, 3.8) is 0 Å². The van der Waals surface area contributed by atoms with Gasteiger partial charge >= 0.3 is 17.4 Å². The van der Waals surface area contributed by atoms with Crippen LogP contribution in [-0.4, -0.2) is 25.8 Å². The molecule has 119 valence electrons. The topological polar surface area (TPSA) is 86.7 Å². The Morgan fingerprint density at radius 2 is 1.52 bits per heavy atom. The second-order valence-electron chi connectivity index (χ2n) is 4.65. The zero-order chi connectivity index (χ0) is 16.9. The summed E-state index contributed by atoms with van der Waals surface area (Å²) in [4.78, 5) is 20.2. The summed E-state index contributed by atoms with van der Waals surface area (Å²) >= 11 is 0. The Morgan fingerprint density at radius 3 is 2.04 bits per heavy atom. The highest BCUT2D eigenvalue weighted by Gasteiger charge is 2.52. The molecular weight excluding hydrogens is 320 g/mol. The molecule has 23 heavy (non-hydrogen) atoms. The Hall–Kier alpha value is -2.67. The molecule has 2 aromatic rings. The van der Waals surface area contributed by atoms with E-state index in [4.69, 9.17) is 4.74 Å². The van der Waals surface area contributed by atoms with E-state index in [1.165, 1.54) is 36.4 Å². The van der Waals surface area contributed by atoms with Crippen molar-refractivity contribution in [3.8, 4) is 5.75 Å². The molecule has 0 saturated heterocycles. The summed E-state index contributed by atoms with van der Waals surface area (Å²) in [5.74, 6) is -1.11. The zero-order valence-corrected chi connectivity index (χ0v) is 12.9. The minimum absolute atomic E-state index is 0.126. The van der Waals surface area contributed by atoms with Gasteiger partial charge in [0.2, 0.25) is 9.84 Å². The van der Waals surface area contributed by atoms with Gasteiger partial charge in [-0.15, -0.1) is 0 Å². The summed E-state index contributed by atoms with van der Waals surface area (Å²) in [5, 5.41) is 0. The molecule has 2 aromatic carbocycles. The second kappa shape index (κ2) is 6.62. The van der Waals surface area contributed by atoms with Gasteiger partial charge in [0.05, 0.1) is 4.90 Å². The Balaban J connectivity index is 2.42. The molecule has 0 saturated carbocycles. The quantitative estimate of drug-likeness (QED) is 0.592. The van der Waals surface area contributed by atoms with Crippen molar-refractivity contribution in [1.82, 2.24) is 0 Å². The molecule has 0 aliphatic rings. The van der Waals surface area contributed by atoms with Gasteiger partial charge in [-0.1, -0.05) is 36.4 Å². The van der Waals surface area contributed by atoms with Crippen LogP contribution in [0.15, 0.2) is 65.6 Å². The monoisotopic (exact) mass is 333 g/mol. The van der Waals surface area contributed by atoms with Crippen molar-refractivity contribution < 1.29 is 27.5 Å². The van der Waals surface area contributed by atoms with Crippen LogP contribution in [0.1, 0.15) is 6.92 Å². The molecule has 0 aliphatic heterocycles. The first kappa shape index (κ1) is 16.7. The average Bonchev–Trinajstić information content (AvgIpc) is 2.56. The molecule has 1 atom stereocenters. The Morgan fingerprint density at radius 1 is 1.00 bits per heavy atom. The molecule has 0 aromatic heterocycles. The number of carbonyl (C=O) groups excluding carboxylic acids is 2. The van der Waals surface area contributed by atoms with Crippen LogP contribution < -0.4 is 4.74 Å². The Kier molecular flexibility index (Phi) is 4.80. The number of hydrogen-bond donors (Lipinski definition) is 0. The fraction of sp³-hybridized carbons (Fsp3) is 0.125. The van der Waals surface area contributed by atoms with Gasteiger partial charge in [0, 0.05) is 6.92 Å². The van der Waals surface area contributed by atoms with Crippen molar-refractivity contribution >= 4 is 22.3 Å². The van der Waals surface area contributed by atoms with Gasteiger partial charge in [0.1, 0.15) is 5.75 Å². The minimum Gasteiger partial charge on any atom is -0.423 e. The second-order valence-corrected chi connectivity index (χ2v) is 6.91. The normalized spacial score (nSPS) is 13.6. The highest BCUT2D eigenvalue weighted by molar-refractivity contribution is 7.93. The van der Waals surface area contributed by atoms with E-state index in [0.717, 1.165) is 13.4 Å². The number of sulfone groups is 1. The van der Waals surface area contributed by atoms with E-state index in [2.05, 4.69) is 4.74 Å². The summed E-state index contributed by atoms with van der Waals surface area (Å²) in [6, 6.07) is 15.0. The SMILES string of the molecule is CC(O[C]=O)(C(=O)Oc1ccccc1)S(=O)(=O)c1ccccc1. The molecule has 0 heterocycles. The van der Waals surface area contributed by atoms with Gasteiger partial charge in [-0.25, -0.2) is 18.0 Å². The van der Waals surface area contributed by atoms with Gasteiger partial charge in [0.15, 0.2) is 0 Å². The van der Waals surface area contributed by atoms with E-state index in [0.29, 0.717) is 0 Å². The van der Waals surface area contributed by atoms with Crippen LogP contribution in [0.4, 0.5) is 0 Å². The number of para-hydroxylation sites is 1. The van der Waals surface area contributed by atoms with Crippen LogP contribution in [0.2, 0.25) is 0 Å². The molecule has 0 fully saturated rings. The first-order valence-electron chi connectivity index (χ1n) is 6.54. The van der Waals surface area contributed by atoms with E-state index in [9.17, 15) is 18.0 Å². The van der Waals surface area contributed by atoms with Gasteiger partial charge in [-0.2, -0.15) is 0 Å². The summed E-state index contributed by atoms with van der Waals surface area (Å²) in [6.07, 6.45) is 0. The van der Waals surface area contributed by atoms with E-state index >= 15 is 0 Å². The van der Waals surface area contributed by atoms with Crippen LogP contribution in [0.3, 0.4) is 0 Å².